The van der Waals surface area contributed by atoms with Gasteiger partial charge in [0.2, 0.25) is 11.7 Å². The minimum atomic E-state index is -0.247. The summed E-state index contributed by atoms with van der Waals surface area (Å²) in [6.45, 7) is 4.00. The Morgan fingerprint density at radius 1 is 1.07 bits per heavy atom. The van der Waals surface area contributed by atoms with Crippen LogP contribution in [0.3, 0.4) is 0 Å². The molecule has 0 saturated carbocycles. The summed E-state index contributed by atoms with van der Waals surface area (Å²) >= 11 is 0. The van der Waals surface area contributed by atoms with Gasteiger partial charge in [-0.15, -0.1) is 0 Å². The molecule has 8 nitrogen and oxygen atoms in total. The van der Waals surface area contributed by atoms with Crippen molar-refractivity contribution in [2.45, 2.75) is 26.5 Å². The number of ether oxygens (including phenoxy) is 3. The monoisotopic (exact) mass is 397 g/mol. The van der Waals surface area contributed by atoms with Crippen LogP contribution in [0, 0.1) is 0 Å². The lowest BCUT2D eigenvalue weighted by Gasteiger charge is -2.09. The summed E-state index contributed by atoms with van der Waals surface area (Å²) in [4.78, 5) is 16.6. The van der Waals surface area contributed by atoms with Gasteiger partial charge in [-0.1, -0.05) is 5.16 Å². The number of carbonyl (C=O) groups is 1. The number of benzene rings is 2. The van der Waals surface area contributed by atoms with E-state index >= 15 is 0 Å². The molecule has 0 aliphatic rings. The van der Waals surface area contributed by atoms with Gasteiger partial charge in [0, 0.05) is 11.6 Å². The highest BCUT2D eigenvalue weighted by Gasteiger charge is 2.15. The van der Waals surface area contributed by atoms with E-state index in [1.54, 1.807) is 56.7 Å². The molecule has 0 atom stereocenters. The number of hydrogen-bond acceptors (Lipinski definition) is 7. The molecule has 1 N–H and O–H groups in total. The van der Waals surface area contributed by atoms with Crippen molar-refractivity contribution in [1.29, 1.82) is 0 Å². The first-order valence-electron chi connectivity index (χ1n) is 9.10. The van der Waals surface area contributed by atoms with Crippen molar-refractivity contribution in [3.63, 3.8) is 0 Å². The summed E-state index contributed by atoms with van der Waals surface area (Å²) in [6.07, 6.45) is 0.0747. The Morgan fingerprint density at radius 2 is 1.79 bits per heavy atom. The molecule has 3 rings (SSSR count). The van der Waals surface area contributed by atoms with Crippen LogP contribution < -0.4 is 19.5 Å². The summed E-state index contributed by atoms with van der Waals surface area (Å²) in [5.74, 6) is 2.33. The standard InChI is InChI=1S/C21H23N3O5/c1-13(2)28-15-7-5-14(6-8-15)21(25)22-12-19-23-20(24-29-19)17-10-9-16(26-3)11-18(17)27-4/h5-11,13H,12H2,1-4H3,(H,22,25). The Kier molecular flexibility index (Phi) is 6.33. The van der Waals surface area contributed by atoms with Gasteiger partial charge in [-0.2, -0.15) is 4.98 Å². The summed E-state index contributed by atoms with van der Waals surface area (Å²) < 4.78 is 21.4. The average Bonchev–Trinajstić information content (AvgIpc) is 3.20. The van der Waals surface area contributed by atoms with Gasteiger partial charge < -0.3 is 24.1 Å². The average molecular weight is 397 g/mol. The van der Waals surface area contributed by atoms with Crippen LogP contribution in [0.2, 0.25) is 0 Å². The molecule has 0 aliphatic heterocycles. The van der Waals surface area contributed by atoms with Gasteiger partial charge in [-0.05, 0) is 50.2 Å². The Morgan fingerprint density at radius 3 is 2.45 bits per heavy atom. The molecule has 152 valence electrons. The number of carbonyl (C=O) groups excluding carboxylic acids is 1. The molecule has 1 heterocycles. The van der Waals surface area contributed by atoms with Crippen molar-refractivity contribution in [3.05, 3.63) is 53.9 Å². The molecule has 0 saturated heterocycles. The van der Waals surface area contributed by atoms with E-state index in [0.29, 0.717) is 34.2 Å². The lowest BCUT2D eigenvalue weighted by atomic mass is 10.2. The van der Waals surface area contributed by atoms with Crippen LogP contribution >= 0.6 is 0 Å². The van der Waals surface area contributed by atoms with Crippen LogP contribution in [0.25, 0.3) is 11.4 Å². The first kappa shape index (κ1) is 20.2. The molecule has 0 bridgehead atoms. The SMILES string of the molecule is COc1ccc(-c2noc(CNC(=O)c3ccc(OC(C)C)cc3)n2)c(OC)c1. The molecule has 0 radical (unpaired) electrons. The van der Waals surface area contributed by atoms with Crippen LogP contribution in [0.15, 0.2) is 47.0 Å². The Bertz CT molecular complexity index is 967. The maximum Gasteiger partial charge on any atom is 0.251 e. The van der Waals surface area contributed by atoms with Crippen molar-refractivity contribution < 1.29 is 23.5 Å². The molecule has 0 spiro atoms. The fourth-order valence-electron chi connectivity index (χ4n) is 2.63. The highest BCUT2D eigenvalue weighted by molar-refractivity contribution is 5.94. The minimum absolute atomic E-state index is 0.0747. The largest absolute Gasteiger partial charge is 0.497 e. The predicted octanol–water partition coefficient (Wildman–Crippen LogP) is 3.47. The third kappa shape index (κ3) is 5.04. The van der Waals surface area contributed by atoms with Gasteiger partial charge in [0.05, 0.1) is 32.4 Å². The molecular weight excluding hydrogens is 374 g/mol. The fourth-order valence-corrected chi connectivity index (χ4v) is 2.63. The van der Waals surface area contributed by atoms with Gasteiger partial charge in [-0.25, -0.2) is 0 Å². The molecule has 0 fully saturated rings. The van der Waals surface area contributed by atoms with Gasteiger partial charge >= 0.3 is 0 Å². The summed E-state index contributed by atoms with van der Waals surface area (Å²) in [5.41, 5.74) is 1.17. The van der Waals surface area contributed by atoms with Gasteiger partial charge in [0.15, 0.2) is 0 Å². The van der Waals surface area contributed by atoms with Crippen molar-refractivity contribution in [2.24, 2.45) is 0 Å². The topological polar surface area (TPSA) is 95.7 Å². The fraction of sp³-hybridized carbons (Fsp3) is 0.286. The smallest absolute Gasteiger partial charge is 0.251 e. The quantitative estimate of drug-likeness (QED) is 0.622. The minimum Gasteiger partial charge on any atom is -0.497 e. The number of hydrogen-bond donors (Lipinski definition) is 1. The lowest BCUT2D eigenvalue weighted by Crippen LogP contribution is -2.22. The third-order valence-corrected chi connectivity index (χ3v) is 4.01. The van der Waals surface area contributed by atoms with E-state index in [0.717, 1.165) is 0 Å². The number of nitrogens with zero attached hydrogens (tertiary/aromatic N) is 2. The van der Waals surface area contributed by atoms with Crippen LogP contribution in [-0.2, 0) is 6.54 Å². The van der Waals surface area contributed by atoms with E-state index in [4.69, 9.17) is 18.7 Å². The molecule has 0 unspecified atom stereocenters. The van der Waals surface area contributed by atoms with Gasteiger partial charge in [0.25, 0.3) is 5.91 Å². The summed E-state index contributed by atoms with van der Waals surface area (Å²) in [5, 5.41) is 6.73. The first-order valence-corrected chi connectivity index (χ1v) is 9.10. The number of aromatic nitrogens is 2. The number of rotatable bonds is 8. The van der Waals surface area contributed by atoms with E-state index in [-0.39, 0.29) is 24.4 Å². The van der Waals surface area contributed by atoms with E-state index in [2.05, 4.69) is 15.5 Å². The molecule has 29 heavy (non-hydrogen) atoms. The number of nitrogens with one attached hydrogen (secondary N) is 1. The second-order valence-corrected chi connectivity index (χ2v) is 6.45. The Labute approximate surface area is 168 Å². The first-order chi connectivity index (χ1) is 14.0. The highest BCUT2D eigenvalue weighted by Crippen LogP contribution is 2.31. The van der Waals surface area contributed by atoms with E-state index in [9.17, 15) is 4.79 Å². The zero-order valence-electron chi connectivity index (χ0n) is 16.8. The zero-order valence-corrected chi connectivity index (χ0v) is 16.8. The van der Waals surface area contributed by atoms with E-state index < -0.39 is 0 Å². The van der Waals surface area contributed by atoms with Crippen molar-refractivity contribution in [3.8, 4) is 28.6 Å². The number of methoxy groups -OCH3 is 2. The summed E-state index contributed by atoms with van der Waals surface area (Å²) in [6, 6.07) is 12.2. The predicted molar refractivity (Wildman–Crippen MR) is 106 cm³/mol. The number of amides is 1. The van der Waals surface area contributed by atoms with Crippen molar-refractivity contribution in [1.82, 2.24) is 15.5 Å². The second-order valence-electron chi connectivity index (χ2n) is 6.45. The molecule has 8 heteroatoms. The normalized spacial score (nSPS) is 10.7. The van der Waals surface area contributed by atoms with Crippen LogP contribution in [0.1, 0.15) is 30.1 Å². The van der Waals surface area contributed by atoms with E-state index in [1.807, 2.05) is 13.8 Å². The van der Waals surface area contributed by atoms with Crippen LogP contribution in [0.4, 0.5) is 0 Å². The molecular formula is C21H23N3O5. The highest BCUT2D eigenvalue weighted by atomic mass is 16.5. The van der Waals surface area contributed by atoms with Crippen molar-refractivity contribution in [2.75, 3.05) is 14.2 Å². The van der Waals surface area contributed by atoms with Gasteiger partial charge in [0.1, 0.15) is 17.2 Å². The maximum absolute atomic E-state index is 12.3. The van der Waals surface area contributed by atoms with Crippen molar-refractivity contribution >= 4 is 5.91 Å². The molecule has 1 amide bonds. The third-order valence-electron chi connectivity index (χ3n) is 4.01. The maximum atomic E-state index is 12.3. The zero-order chi connectivity index (χ0) is 20.8. The van der Waals surface area contributed by atoms with Crippen LogP contribution in [-0.4, -0.2) is 36.4 Å². The molecule has 0 aliphatic carbocycles. The molecule has 2 aromatic carbocycles. The Balaban J connectivity index is 1.64. The summed E-state index contributed by atoms with van der Waals surface area (Å²) in [7, 11) is 3.13. The second kappa shape index (κ2) is 9.09. The van der Waals surface area contributed by atoms with E-state index in [1.165, 1.54) is 0 Å². The molecule has 3 aromatic rings. The lowest BCUT2D eigenvalue weighted by molar-refractivity contribution is 0.0946. The molecule has 1 aromatic heterocycles. The van der Waals surface area contributed by atoms with Gasteiger partial charge in [-0.3, -0.25) is 4.79 Å². The Hall–Kier alpha value is -3.55. The van der Waals surface area contributed by atoms with Crippen LogP contribution in [0.5, 0.6) is 17.2 Å².